The van der Waals surface area contributed by atoms with Gasteiger partial charge in [0.2, 0.25) is 5.91 Å². The van der Waals surface area contributed by atoms with Crippen LogP contribution in [0.1, 0.15) is 40.0 Å². The Hall–Kier alpha value is -1.70. The smallest absolute Gasteiger partial charge is 0.292 e. The molecule has 2 atom stereocenters. The van der Waals surface area contributed by atoms with Gasteiger partial charge in [-0.3, -0.25) is 14.4 Å². The van der Waals surface area contributed by atoms with Crippen LogP contribution in [0.25, 0.3) is 0 Å². The zero-order valence-electron chi connectivity index (χ0n) is 14.7. The van der Waals surface area contributed by atoms with Gasteiger partial charge in [0.05, 0.1) is 13.2 Å². The van der Waals surface area contributed by atoms with Crippen LogP contribution >= 0.6 is 0 Å². The summed E-state index contributed by atoms with van der Waals surface area (Å²) in [5, 5.41) is 12.1. The molecule has 2 amide bonds. The van der Waals surface area contributed by atoms with Gasteiger partial charge >= 0.3 is 0 Å². The number of aliphatic hydroxyl groups is 1. The van der Waals surface area contributed by atoms with E-state index in [0.717, 1.165) is 0 Å². The van der Waals surface area contributed by atoms with Crippen molar-refractivity contribution in [3.05, 3.63) is 0 Å². The molecule has 0 radical (unpaired) electrons. The lowest BCUT2D eigenvalue weighted by atomic mass is 9.85. The second kappa shape index (κ2) is 7.92. The molecular formula is C16H27FN2O5. The van der Waals surface area contributed by atoms with Crippen molar-refractivity contribution in [1.29, 1.82) is 0 Å². The van der Waals surface area contributed by atoms with Gasteiger partial charge in [-0.2, -0.15) is 0 Å². The molecule has 1 saturated carbocycles. The first kappa shape index (κ1) is 20.3. The fraction of sp³-hybridized carbons (Fsp3) is 0.812. The van der Waals surface area contributed by atoms with Crippen LogP contribution in [0, 0.1) is 5.41 Å². The summed E-state index contributed by atoms with van der Waals surface area (Å²) < 4.78 is 17.6. The van der Waals surface area contributed by atoms with E-state index in [1.54, 1.807) is 4.90 Å². The molecule has 138 valence electrons. The third kappa shape index (κ3) is 5.43. The van der Waals surface area contributed by atoms with Crippen molar-refractivity contribution in [2.45, 2.75) is 57.8 Å². The number of ether oxygens (including phenoxy) is 1. The van der Waals surface area contributed by atoms with E-state index in [1.807, 2.05) is 20.8 Å². The Morgan fingerprint density at radius 3 is 2.29 bits per heavy atom. The summed E-state index contributed by atoms with van der Waals surface area (Å²) in [6, 6.07) is -0.770. The SMILES string of the molecule is CC(C)(C)C(NC(=O)C1(F)CC1)C(=O)N1CCC(O)C1.COC=O. The highest BCUT2D eigenvalue weighted by molar-refractivity contribution is 5.93. The van der Waals surface area contributed by atoms with Gasteiger partial charge in [-0.05, 0) is 24.7 Å². The van der Waals surface area contributed by atoms with E-state index in [-0.39, 0.29) is 25.3 Å². The third-order valence-electron chi connectivity index (χ3n) is 4.06. The Morgan fingerprint density at radius 1 is 1.42 bits per heavy atom. The Labute approximate surface area is 141 Å². The predicted octanol–water partition coefficient (Wildman–Crippen LogP) is 0.402. The highest BCUT2D eigenvalue weighted by Crippen LogP contribution is 2.40. The zero-order valence-corrected chi connectivity index (χ0v) is 14.7. The summed E-state index contributed by atoms with van der Waals surface area (Å²) in [4.78, 5) is 34.9. The van der Waals surface area contributed by atoms with E-state index in [9.17, 15) is 19.1 Å². The van der Waals surface area contributed by atoms with Gasteiger partial charge in [0.15, 0.2) is 5.67 Å². The molecule has 1 aliphatic carbocycles. The molecule has 1 saturated heterocycles. The van der Waals surface area contributed by atoms with Gasteiger partial charge in [-0.1, -0.05) is 20.8 Å². The first-order chi connectivity index (χ1) is 11.0. The number of carbonyl (C=O) groups excluding carboxylic acids is 3. The lowest BCUT2D eigenvalue weighted by Gasteiger charge is -2.33. The second-order valence-corrected chi connectivity index (χ2v) is 7.30. The number of alkyl halides is 1. The number of hydrogen-bond donors (Lipinski definition) is 2. The molecule has 2 fully saturated rings. The number of nitrogens with one attached hydrogen (secondary N) is 1. The summed E-state index contributed by atoms with van der Waals surface area (Å²) in [6.07, 6.45) is 0.494. The maximum absolute atomic E-state index is 13.8. The highest BCUT2D eigenvalue weighted by Gasteiger charge is 2.52. The Kier molecular flexibility index (Phi) is 6.71. The third-order valence-corrected chi connectivity index (χ3v) is 4.06. The van der Waals surface area contributed by atoms with Crippen LogP contribution in [0.4, 0.5) is 4.39 Å². The minimum absolute atomic E-state index is 0.228. The molecular weight excluding hydrogens is 319 g/mol. The van der Waals surface area contributed by atoms with E-state index in [2.05, 4.69) is 10.1 Å². The summed E-state index contributed by atoms with van der Waals surface area (Å²) >= 11 is 0. The summed E-state index contributed by atoms with van der Waals surface area (Å²) in [5.41, 5.74) is -2.29. The van der Waals surface area contributed by atoms with E-state index in [4.69, 9.17) is 4.79 Å². The normalized spacial score (nSPS) is 22.8. The van der Waals surface area contributed by atoms with Crippen molar-refractivity contribution in [3.63, 3.8) is 0 Å². The fourth-order valence-electron chi connectivity index (χ4n) is 2.37. The van der Waals surface area contributed by atoms with Crippen LogP contribution in [-0.2, 0) is 19.1 Å². The van der Waals surface area contributed by atoms with Crippen molar-refractivity contribution >= 4 is 18.3 Å². The Balaban J connectivity index is 0.000000648. The molecule has 2 unspecified atom stereocenters. The quantitative estimate of drug-likeness (QED) is 0.719. The predicted molar refractivity (Wildman–Crippen MR) is 84.7 cm³/mol. The summed E-state index contributed by atoms with van der Waals surface area (Å²) in [7, 11) is 1.31. The molecule has 2 aliphatic rings. The number of methoxy groups -OCH3 is 1. The van der Waals surface area contributed by atoms with E-state index in [0.29, 0.717) is 19.4 Å². The van der Waals surface area contributed by atoms with Crippen LogP contribution in [0.3, 0.4) is 0 Å². The number of nitrogens with zero attached hydrogens (tertiary/aromatic N) is 1. The average Bonchev–Trinajstić information content (AvgIpc) is 3.11. The molecule has 24 heavy (non-hydrogen) atoms. The van der Waals surface area contributed by atoms with Crippen molar-refractivity contribution in [3.8, 4) is 0 Å². The molecule has 7 nitrogen and oxygen atoms in total. The van der Waals surface area contributed by atoms with Gasteiger partial charge in [0.1, 0.15) is 6.04 Å². The van der Waals surface area contributed by atoms with Gasteiger partial charge in [-0.15, -0.1) is 0 Å². The fourth-order valence-corrected chi connectivity index (χ4v) is 2.37. The summed E-state index contributed by atoms with van der Waals surface area (Å²) in [5.74, 6) is -0.933. The first-order valence-electron chi connectivity index (χ1n) is 7.98. The van der Waals surface area contributed by atoms with Crippen LogP contribution in [0.15, 0.2) is 0 Å². The number of carbonyl (C=O) groups is 3. The Morgan fingerprint density at radius 2 is 1.96 bits per heavy atom. The number of halogens is 1. The molecule has 0 bridgehead atoms. The van der Waals surface area contributed by atoms with Crippen LogP contribution in [-0.4, -0.2) is 66.3 Å². The molecule has 1 heterocycles. The summed E-state index contributed by atoms with van der Waals surface area (Å²) in [6.45, 7) is 6.63. The molecule has 0 aromatic carbocycles. The van der Waals surface area contributed by atoms with Gasteiger partial charge in [-0.25, -0.2) is 4.39 Å². The standard InChI is InChI=1S/C14H23FN2O3.C2H4O2/c1-13(2,3)10(16-12(20)14(15)5-6-14)11(19)17-7-4-9(18)8-17;1-4-2-3/h9-10,18H,4-8H2,1-3H3,(H,16,20);2H,1H3. The lowest BCUT2D eigenvalue weighted by Crippen LogP contribution is -2.56. The minimum Gasteiger partial charge on any atom is -0.471 e. The van der Waals surface area contributed by atoms with Crippen molar-refractivity contribution in [1.82, 2.24) is 10.2 Å². The molecule has 2 N–H and O–H groups in total. The van der Waals surface area contributed by atoms with Crippen LogP contribution < -0.4 is 5.32 Å². The van der Waals surface area contributed by atoms with Crippen LogP contribution in [0.5, 0.6) is 0 Å². The van der Waals surface area contributed by atoms with Crippen molar-refractivity contribution < 1.29 is 28.6 Å². The first-order valence-corrected chi connectivity index (χ1v) is 7.98. The number of likely N-dealkylation sites (tertiary alicyclic amines) is 1. The largest absolute Gasteiger partial charge is 0.471 e. The maximum atomic E-state index is 13.8. The molecule has 8 heteroatoms. The van der Waals surface area contributed by atoms with Crippen molar-refractivity contribution in [2.75, 3.05) is 20.2 Å². The Bertz CT molecular complexity index is 474. The van der Waals surface area contributed by atoms with Gasteiger partial charge in [0.25, 0.3) is 12.4 Å². The number of rotatable bonds is 4. The molecule has 0 aromatic rings. The number of aliphatic hydroxyl groups excluding tert-OH is 1. The minimum atomic E-state index is -1.78. The van der Waals surface area contributed by atoms with Crippen molar-refractivity contribution in [2.24, 2.45) is 5.41 Å². The highest BCUT2D eigenvalue weighted by atomic mass is 19.1. The topological polar surface area (TPSA) is 95.9 Å². The second-order valence-electron chi connectivity index (χ2n) is 7.30. The zero-order chi connectivity index (χ0) is 18.5. The van der Waals surface area contributed by atoms with Gasteiger partial charge in [0, 0.05) is 13.1 Å². The van der Waals surface area contributed by atoms with Crippen LogP contribution in [0.2, 0.25) is 0 Å². The van der Waals surface area contributed by atoms with E-state index < -0.39 is 29.1 Å². The number of amides is 2. The van der Waals surface area contributed by atoms with E-state index >= 15 is 0 Å². The molecule has 0 spiro atoms. The monoisotopic (exact) mass is 346 g/mol. The number of β-amino-alcohol motifs (C(OH)–C–C–N with tert-alkyl or cyclic N) is 1. The molecule has 1 aliphatic heterocycles. The molecule has 0 aromatic heterocycles. The molecule has 2 rings (SSSR count). The average molecular weight is 346 g/mol. The lowest BCUT2D eigenvalue weighted by molar-refractivity contribution is -0.140. The van der Waals surface area contributed by atoms with E-state index in [1.165, 1.54) is 7.11 Å². The van der Waals surface area contributed by atoms with Gasteiger partial charge < -0.3 is 20.1 Å². The maximum Gasteiger partial charge on any atom is 0.292 e. The number of hydrogen-bond acceptors (Lipinski definition) is 5.